The van der Waals surface area contributed by atoms with Crippen LogP contribution in [-0.2, 0) is 9.63 Å². The van der Waals surface area contributed by atoms with Crippen LogP contribution in [0.15, 0.2) is 0 Å². The Hall–Kier alpha value is -0.650. The van der Waals surface area contributed by atoms with Crippen LogP contribution in [0.25, 0.3) is 0 Å². The first-order valence-electron chi connectivity index (χ1n) is 1.92. The van der Waals surface area contributed by atoms with Gasteiger partial charge in [-0.3, -0.25) is 9.63 Å². The monoisotopic (exact) mass is 121 g/mol. The molecule has 0 aliphatic heterocycles. The number of carboxylic acids is 1. The van der Waals surface area contributed by atoms with Crippen LogP contribution < -0.4 is 5.90 Å². The van der Waals surface area contributed by atoms with Crippen molar-refractivity contribution in [2.24, 2.45) is 5.90 Å². The van der Waals surface area contributed by atoms with Crippen LogP contribution >= 0.6 is 0 Å². The first kappa shape index (κ1) is 7.35. The number of hydrogen-bond acceptors (Lipinski definition) is 4. The minimum absolute atomic E-state index is 0.490. The van der Waals surface area contributed by atoms with Crippen molar-refractivity contribution < 1.29 is 19.8 Å². The summed E-state index contributed by atoms with van der Waals surface area (Å²) in [4.78, 5) is 13.4. The van der Waals surface area contributed by atoms with E-state index in [1.807, 2.05) is 0 Å². The molecule has 0 radical (unpaired) electrons. The first-order valence-corrected chi connectivity index (χ1v) is 1.92. The summed E-state index contributed by atoms with van der Waals surface area (Å²) in [6.07, 6.45) is -1.89. The van der Waals surface area contributed by atoms with Gasteiger partial charge in [-0.2, -0.15) is 0 Å². The molecule has 5 nitrogen and oxygen atoms in total. The highest BCUT2D eigenvalue weighted by molar-refractivity contribution is 5.66. The standard InChI is InChI=1S/C3H7NO4/c4-8-3(7)1-2(5)6/h3,7H,1,4H2,(H,5,6). The Morgan fingerprint density at radius 3 is 2.50 bits per heavy atom. The molecule has 0 aliphatic carbocycles. The van der Waals surface area contributed by atoms with Crippen LogP contribution in [0.2, 0.25) is 0 Å². The SMILES string of the molecule is NOC(O)CC(=O)O. The van der Waals surface area contributed by atoms with Gasteiger partial charge in [0.2, 0.25) is 0 Å². The summed E-state index contributed by atoms with van der Waals surface area (Å²) in [6.45, 7) is 0. The molecule has 0 aliphatic rings. The number of carbonyl (C=O) groups is 1. The molecule has 0 fully saturated rings. The van der Waals surface area contributed by atoms with Crippen LogP contribution in [0.5, 0.6) is 0 Å². The molecule has 0 aromatic carbocycles. The Bertz CT molecular complexity index is 83.4. The van der Waals surface area contributed by atoms with Crippen molar-refractivity contribution >= 4 is 5.97 Å². The minimum atomic E-state index is -1.40. The summed E-state index contributed by atoms with van der Waals surface area (Å²) >= 11 is 0. The molecule has 4 N–H and O–H groups in total. The van der Waals surface area contributed by atoms with Crippen molar-refractivity contribution in [3.63, 3.8) is 0 Å². The predicted octanol–water partition coefficient (Wildman–Crippen LogP) is -1.33. The molecule has 0 aromatic heterocycles. The second-order valence-corrected chi connectivity index (χ2v) is 1.19. The van der Waals surface area contributed by atoms with Crippen LogP contribution in [0.4, 0.5) is 0 Å². The highest BCUT2D eigenvalue weighted by Gasteiger charge is 2.06. The first-order chi connectivity index (χ1) is 3.66. The predicted molar refractivity (Wildman–Crippen MR) is 23.5 cm³/mol. The van der Waals surface area contributed by atoms with Gasteiger partial charge < -0.3 is 10.2 Å². The Labute approximate surface area is 45.6 Å². The van der Waals surface area contributed by atoms with E-state index >= 15 is 0 Å². The van der Waals surface area contributed by atoms with E-state index in [0.29, 0.717) is 0 Å². The number of hydrogen-bond donors (Lipinski definition) is 3. The zero-order valence-corrected chi connectivity index (χ0v) is 4.07. The Morgan fingerprint density at radius 2 is 2.38 bits per heavy atom. The topological polar surface area (TPSA) is 92.8 Å². The number of aliphatic hydroxyl groups is 1. The fraction of sp³-hybridized carbons (Fsp3) is 0.667. The Balaban J connectivity index is 3.24. The molecular weight excluding hydrogens is 114 g/mol. The van der Waals surface area contributed by atoms with Gasteiger partial charge in [-0.25, -0.2) is 5.90 Å². The second-order valence-electron chi connectivity index (χ2n) is 1.19. The van der Waals surface area contributed by atoms with E-state index in [0.717, 1.165) is 0 Å². The molecule has 0 rings (SSSR count). The molecule has 1 atom stereocenters. The summed E-state index contributed by atoms with van der Waals surface area (Å²) in [5.74, 6) is 3.26. The number of carboxylic acid groups (broad SMARTS) is 1. The molecule has 0 saturated heterocycles. The number of rotatable bonds is 3. The van der Waals surface area contributed by atoms with Crippen molar-refractivity contribution in [1.29, 1.82) is 0 Å². The van der Waals surface area contributed by atoms with Crippen molar-refractivity contribution in [3.8, 4) is 0 Å². The number of aliphatic carboxylic acids is 1. The van der Waals surface area contributed by atoms with Gasteiger partial charge in [-0.15, -0.1) is 0 Å². The van der Waals surface area contributed by atoms with Gasteiger partial charge in [-0.05, 0) is 0 Å². The average Bonchev–Trinajstić information content (AvgIpc) is 1.65. The smallest absolute Gasteiger partial charge is 0.308 e. The largest absolute Gasteiger partial charge is 0.481 e. The van der Waals surface area contributed by atoms with Gasteiger partial charge in [0.25, 0.3) is 0 Å². The normalized spacial score (nSPS) is 13.2. The van der Waals surface area contributed by atoms with Gasteiger partial charge in [0, 0.05) is 0 Å². The van der Waals surface area contributed by atoms with E-state index < -0.39 is 18.7 Å². The van der Waals surface area contributed by atoms with Crippen LogP contribution in [0, 0.1) is 0 Å². The van der Waals surface area contributed by atoms with E-state index in [4.69, 9.17) is 10.2 Å². The van der Waals surface area contributed by atoms with Gasteiger partial charge in [-0.1, -0.05) is 0 Å². The molecule has 0 spiro atoms. The summed E-state index contributed by atoms with van der Waals surface area (Å²) in [5, 5.41) is 16.2. The zero-order chi connectivity index (χ0) is 6.57. The lowest BCUT2D eigenvalue weighted by Gasteiger charge is -2.00. The molecule has 0 saturated carbocycles. The highest BCUT2D eigenvalue weighted by Crippen LogP contribution is 1.87. The Kier molecular flexibility index (Phi) is 3.09. The minimum Gasteiger partial charge on any atom is -0.481 e. The maximum Gasteiger partial charge on any atom is 0.308 e. The maximum atomic E-state index is 9.67. The average molecular weight is 121 g/mol. The number of aliphatic hydroxyl groups excluding tert-OH is 1. The van der Waals surface area contributed by atoms with Gasteiger partial charge in [0.15, 0.2) is 6.29 Å². The molecule has 0 heterocycles. The fourth-order valence-electron chi connectivity index (χ4n) is 0.197. The third-order valence-corrected chi connectivity index (χ3v) is 0.506. The number of nitrogens with two attached hydrogens (primary N) is 1. The quantitative estimate of drug-likeness (QED) is 0.318. The van der Waals surface area contributed by atoms with E-state index in [2.05, 4.69) is 10.7 Å². The van der Waals surface area contributed by atoms with Crippen molar-refractivity contribution in [2.75, 3.05) is 0 Å². The highest BCUT2D eigenvalue weighted by atomic mass is 16.7. The third-order valence-electron chi connectivity index (χ3n) is 0.506. The lowest BCUT2D eigenvalue weighted by Crippen LogP contribution is -2.19. The lowest BCUT2D eigenvalue weighted by atomic mass is 10.4. The van der Waals surface area contributed by atoms with Crippen LogP contribution in [-0.4, -0.2) is 22.5 Å². The molecule has 5 heteroatoms. The van der Waals surface area contributed by atoms with Crippen LogP contribution in [0.1, 0.15) is 6.42 Å². The Morgan fingerprint density at radius 1 is 1.88 bits per heavy atom. The van der Waals surface area contributed by atoms with E-state index in [9.17, 15) is 4.79 Å². The summed E-state index contributed by atoms with van der Waals surface area (Å²) < 4.78 is 0. The van der Waals surface area contributed by atoms with Crippen LogP contribution in [0.3, 0.4) is 0 Å². The van der Waals surface area contributed by atoms with E-state index in [-0.39, 0.29) is 0 Å². The molecule has 0 bridgehead atoms. The fourth-order valence-corrected chi connectivity index (χ4v) is 0.197. The molecular formula is C3H7NO4. The van der Waals surface area contributed by atoms with Gasteiger partial charge >= 0.3 is 5.97 Å². The summed E-state index contributed by atoms with van der Waals surface area (Å²) in [6, 6.07) is 0. The summed E-state index contributed by atoms with van der Waals surface area (Å²) in [7, 11) is 0. The van der Waals surface area contributed by atoms with Gasteiger partial charge in [0.05, 0.1) is 6.42 Å². The van der Waals surface area contributed by atoms with Crippen molar-refractivity contribution in [2.45, 2.75) is 12.7 Å². The molecule has 0 amide bonds. The molecule has 8 heavy (non-hydrogen) atoms. The zero-order valence-electron chi connectivity index (χ0n) is 4.07. The van der Waals surface area contributed by atoms with Crippen molar-refractivity contribution in [3.05, 3.63) is 0 Å². The second kappa shape index (κ2) is 3.36. The lowest BCUT2D eigenvalue weighted by molar-refractivity contribution is -0.153. The molecule has 0 aromatic rings. The third kappa shape index (κ3) is 3.54. The molecule has 48 valence electrons. The van der Waals surface area contributed by atoms with E-state index in [1.54, 1.807) is 0 Å². The van der Waals surface area contributed by atoms with E-state index in [1.165, 1.54) is 0 Å². The molecule has 1 unspecified atom stereocenters. The maximum absolute atomic E-state index is 9.67. The van der Waals surface area contributed by atoms with Gasteiger partial charge in [0.1, 0.15) is 0 Å². The summed E-state index contributed by atoms with van der Waals surface area (Å²) in [5.41, 5.74) is 0. The van der Waals surface area contributed by atoms with Crippen molar-refractivity contribution in [1.82, 2.24) is 0 Å².